The lowest BCUT2D eigenvalue weighted by Gasteiger charge is -2.12. The average molecular weight is 270 g/mol. The van der Waals surface area contributed by atoms with Gasteiger partial charge in [0.25, 0.3) is 0 Å². The van der Waals surface area contributed by atoms with Crippen LogP contribution in [-0.2, 0) is 6.18 Å². The second-order valence-electron chi connectivity index (χ2n) is 3.66. The van der Waals surface area contributed by atoms with Gasteiger partial charge in [-0.05, 0) is 24.3 Å². The highest BCUT2D eigenvalue weighted by atomic mass is 19.4. The highest BCUT2D eigenvalue weighted by Gasteiger charge is 2.37. The van der Waals surface area contributed by atoms with Crippen molar-refractivity contribution in [3.8, 4) is 11.4 Å². The Hall–Kier alpha value is -2.31. The molecule has 0 radical (unpaired) electrons. The Morgan fingerprint density at radius 2 is 1.89 bits per heavy atom. The van der Waals surface area contributed by atoms with Gasteiger partial charge in [0.2, 0.25) is 5.82 Å². The molecule has 0 atom stereocenters. The quantitative estimate of drug-likeness (QED) is 0.805. The highest BCUT2D eigenvalue weighted by molar-refractivity contribution is 5.73. The van der Waals surface area contributed by atoms with Gasteiger partial charge < -0.3 is 4.74 Å². The molecule has 2 rings (SSSR count). The SMILES string of the molecule is COc1ccc(-n2c(C=O)cnc2C(F)(F)F)cc1. The van der Waals surface area contributed by atoms with Gasteiger partial charge in [-0.1, -0.05) is 0 Å². The van der Waals surface area contributed by atoms with Gasteiger partial charge in [-0.2, -0.15) is 13.2 Å². The number of nitrogens with zero attached hydrogens (tertiary/aromatic N) is 2. The maximum absolute atomic E-state index is 12.8. The Morgan fingerprint density at radius 1 is 1.26 bits per heavy atom. The van der Waals surface area contributed by atoms with Crippen molar-refractivity contribution in [1.82, 2.24) is 9.55 Å². The van der Waals surface area contributed by atoms with Gasteiger partial charge in [0.15, 0.2) is 6.29 Å². The molecule has 0 fully saturated rings. The third-order valence-corrected chi connectivity index (χ3v) is 2.49. The first-order valence-corrected chi connectivity index (χ1v) is 5.22. The summed E-state index contributed by atoms with van der Waals surface area (Å²) in [6.07, 6.45) is -3.42. The van der Waals surface area contributed by atoms with E-state index in [9.17, 15) is 18.0 Å². The van der Waals surface area contributed by atoms with E-state index in [1.807, 2.05) is 0 Å². The number of hydrogen-bond donors (Lipinski definition) is 0. The lowest BCUT2D eigenvalue weighted by Crippen LogP contribution is -2.15. The number of alkyl halides is 3. The van der Waals surface area contributed by atoms with Crippen molar-refractivity contribution >= 4 is 6.29 Å². The van der Waals surface area contributed by atoms with Crippen LogP contribution in [0.25, 0.3) is 5.69 Å². The monoisotopic (exact) mass is 270 g/mol. The molecule has 1 aromatic heterocycles. The van der Waals surface area contributed by atoms with E-state index in [1.54, 1.807) is 0 Å². The smallest absolute Gasteiger partial charge is 0.450 e. The summed E-state index contributed by atoms with van der Waals surface area (Å²) in [5.74, 6) is -0.634. The molecule has 19 heavy (non-hydrogen) atoms. The maximum Gasteiger partial charge on any atom is 0.450 e. The molecule has 0 N–H and O–H groups in total. The largest absolute Gasteiger partial charge is 0.497 e. The lowest BCUT2D eigenvalue weighted by atomic mass is 10.3. The van der Waals surface area contributed by atoms with Crippen LogP contribution in [0.4, 0.5) is 13.2 Å². The molecule has 0 saturated carbocycles. The van der Waals surface area contributed by atoms with Gasteiger partial charge in [-0.3, -0.25) is 9.36 Å². The van der Waals surface area contributed by atoms with E-state index in [0.717, 1.165) is 10.8 Å². The number of carbonyl (C=O) groups excluding carboxylic acids is 1. The first-order valence-electron chi connectivity index (χ1n) is 5.22. The molecule has 0 saturated heterocycles. The van der Waals surface area contributed by atoms with Gasteiger partial charge in [0, 0.05) is 5.69 Å². The van der Waals surface area contributed by atoms with E-state index >= 15 is 0 Å². The number of aldehydes is 1. The topological polar surface area (TPSA) is 44.1 Å². The number of methoxy groups -OCH3 is 1. The summed E-state index contributed by atoms with van der Waals surface area (Å²) < 4.78 is 44.1. The van der Waals surface area contributed by atoms with E-state index in [1.165, 1.54) is 31.4 Å². The van der Waals surface area contributed by atoms with E-state index in [2.05, 4.69) is 4.98 Å². The normalized spacial score (nSPS) is 11.4. The Balaban J connectivity index is 2.58. The summed E-state index contributed by atoms with van der Waals surface area (Å²) in [5.41, 5.74) is 0.0187. The molecular formula is C12H9F3N2O2. The van der Waals surface area contributed by atoms with Crippen molar-refractivity contribution in [2.24, 2.45) is 0 Å². The van der Waals surface area contributed by atoms with E-state index in [4.69, 9.17) is 4.74 Å². The number of rotatable bonds is 3. The van der Waals surface area contributed by atoms with Crippen molar-refractivity contribution in [3.63, 3.8) is 0 Å². The van der Waals surface area contributed by atoms with Gasteiger partial charge in [-0.15, -0.1) is 0 Å². The molecule has 0 aliphatic heterocycles. The fraction of sp³-hybridized carbons (Fsp3) is 0.167. The predicted molar refractivity (Wildman–Crippen MR) is 60.5 cm³/mol. The Kier molecular flexibility index (Phi) is 3.28. The molecule has 100 valence electrons. The van der Waals surface area contributed by atoms with Crippen molar-refractivity contribution in [3.05, 3.63) is 42.0 Å². The minimum atomic E-state index is -4.64. The minimum Gasteiger partial charge on any atom is -0.497 e. The lowest BCUT2D eigenvalue weighted by molar-refractivity contribution is -0.145. The van der Waals surface area contributed by atoms with Gasteiger partial charge >= 0.3 is 6.18 Å². The van der Waals surface area contributed by atoms with Crippen LogP contribution in [-0.4, -0.2) is 22.9 Å². The summed E-state index contributed by atoms with van der Waals surface area (Å²) in [6.45, 7) is 0. The molecule has 7 heteroatoms. The molecule has 1 heterocycles. The predicted octanol–water partition coefficient (Wildman–Crippen LogP) is 2.71. The Labute approximate surface area is 106 Å². The zero-order valence-corrected chi connectivity index (χ0v) is 9.81. The molecular weight excluding hydrogens is 261 g/mol. The zero-order chi connectivity index (χ0) is 14.0. The summed E-state index contributed by atoms with van der Waals surface area (Å²) in [6, 6.07) is 5.85. The Morgan fingerprint density at radius 3 is 2.37 bits per heavy atom. The number of aromatic nitrogens is 2. The molecule has 2 aromatic rings. The minimum absolute atomic E-state index is 0.169. The molecule has 0 amide bonds. The molecule has 4 nitrogen and oxygen atoms in total. The second kappa shape index (κ2) is 4.75. The van der Waals surface area contributed by atoms with Gasteiger partial charge in [-0.25, -0.2) is 4.98 Å². The third-order valence-electron chi connectivity index (χ3n) is 2.49. The van der Waals surface area contributed by atoms with Crippen molar-refractivity contribution in [2.45, 2.75) is 6.18 Å². The first-order chi connectivity index (χ1) is 8.97. The van der Waals surface area contributed by atoms with Gasteiger partial charge in [0.1, 0.15) is 11.4 Å². The second-order valence-corrected chi connectivity index (χ2v) is 3.66. The van der Waals surface area contributed by atoms with Crippen LogP contribution in [0.15, 0.2) is 30.5 Å². The van der Waals surface area contributed by atoms with E-state index in [-0.39, 0.29) is 11.4 Å². The van der Waals surface area contributed by atoms with Crippen LogP contribution in [0.3, 0.4) is 0 Å². The average Bonchev–Trinajstić information content (AvgIpc) is 2.82. The van der Waals surface area contributed by atoms with Crippen LogP contribution < -0.4 is 4.74 Å². The molecule has 1 aromatic carbocycles. The highest BCUT2D eigenvalue weighted by Crippen LogP contribution is 2.31. The van der Waals surface area contributed by atoms with Crippen LogP contribution in [0, 0.1) is 0 Å². The number of hydrogen-bond acceptors (Lipinski definition) is 3. The van der Waals surface area contributed by atoms with Crippen molar-refractivity contribution < 1.29 is 22.7 Å². The number of ether oxygens (including phenoxy) is 1. The van der Waals surface area contributed by atoms with Crippen LogP contribution in [0.2, 0.25) is 0 Å². The van der Waals surface area contributed by atoms with Crippen molar-refractivity contribution in [1.29, 1.82) is 0 Å². The zero-order valence-electron chi connectivity index (χ0n) is 9.81. The van der Waals surface area contributed by atoms with Crippen LogP contribution in [0.5, 0.6) is 5.75 Å². The standard InChI is InChI=1S/C12H9F3N2O2/c1-19-10-4-2-8(3-5-10)17-9(7-18)6-16-11(17)12(13,14)15/h2-7H,1H3. The molecule has 0 spiro atoms. The fourth-order valence-electron chi connectivity index (χ4n) is 1.65. The van der Waals surface area contributed by atoms with E-state index < -0.39 is 12.0 Å². The van der Waals surface area contributed by atoms with Crippen molar-refractivity contribution in [2.75, 3.05) is 7.11 Å². The molecule has 0 aliphatic rings. The summed E-state index contributed by atoms with van der Waals surface area (Å²) in [7, 11) is 1.45. The summed E-state index contributed by atoms with van der Waals surface area (Å²) in [5, 5.41) is 0. The summed E-state index contributed by atoms with van der Waals surface area (Å²) >= 11 is 0. The molecule has 0 aliphatic carbocycles. The Bertz CT molecular complexity index is 588. The first kappa shape index (κ1) is 13.1. The number of carbonyl (C=O) groups is 1. The molecule has 0 bridgehead atoms. The fourth-order valence-corrected chi connectivity index (χ4v) is 1.65. The summed E-state index contributed by atoms with van der Waals surface area (Å²) in [4.78, 5) is 14.1. The maximum atomic E-state index is 12.8. The number of benzene rings is 1. The number of halogens is 3. The van der Waals surface area contributed by atoms with Gasteiger partial charge in [0.05, 0.1) is 13.3 Å². The number of imidazole rings is 1. The van der Waals surface area contributed by atoms with Crippen LogP contribution in [0.1, 0.15) is 16.3 Å². The molecule has 0 unspecified atom stereocenters. The van der Waals surface area contributed by atoms with E-state index in [0.29, 0.717) is 12.0 Å². The third kappa shape index (κ3) is 2.44. The van der Waals surface area contributed by atoms with Crippen LogP contribution >= 0.6 is 0 Å².